The number of rotatable bonds is 4. The molecule has 2 aliphatic rings. The van der Waals surface area contributed by atoms with Crippen LogP contribution >= 0.6 is 0 Å². The first-order valence-electron chi connectivity index (χ1n) is 8.64. The molecule has 25 heavy (non-hydrogen) atoms. The quantitative estimate of drug-likeness (QED) is 0.821. The number of piperazine rings is 1. The second-order valence-electron chi connectivity index (χ2n) is 6.40. The van der Waals surface area contributed by atoms with E-state index in [9.17, 15) is 8.42 Å². The average Bonchev–Trinajstić information content (AvgIpc) is 2.85. The molecule has 2 aliphatic heterocycles. The molecule has 2 heterocycles. The van der Waals surface area contributed by atoms with Gasteiger partial charge in [0.15, 0.2) is 0 Å². The van der Waals surface area contributed by atoms with Crippen molar-refractivity contribution < 1.29 is 13.2 Å². The molecule has 0 radical (unpaired) electrons. The minimum atomic E-state index is -3.66. The maximum atomic E-state index is 12.6. The van der Waals surface area contributed by atoms with Crippen LogP contribution in [0.5, 0.6) is 5.75 Å². The molecule has 6 nitrogen and oxygen atoms in total. The van der Waals surface area contributed by atoms with E-state index in [2.05, 4.69) is 21.1 Å². The number of hydrogen-bond donors (Lipinski definition) is 0. The number of hydrogen-bond acceptors (Lipinski definition) is 5. The van der Waals surface area contributed by atoms with Gasteiger partial charge in [-0.1, -0.05) is 6.92 Å². The normalized spacial score (nSPS) is 20.8. The molecule has 0 bridgehead atoms. The fourth-order valence-corrected chi connectivity index (χ4v) is 4.91. The van der Waals surface area contributed by atoms with Crippen LogP contribution in [0.25, 0.3) is 4.91 Å². The molecular formula is C18H25N3O3S. The van der Waals surface area contributed by atoms with Gasteiger partial charge in [-0.3, -0.25) is 4.90 Å². The summed E-state index contributed by atoms with van der Waals surface area (Å²) in [6.45, 7) is 8.61. The van der Waals surface area contributed by atoms with Gasteiger partial charge in [-0.25, -0.2) is 0 Å². The fraction of sp³-hybridized carbons (Fsp3) is 0.500. The van der Waals surface area contributed by atoms with Crippen LogP contribution in [0.4, 0.5) is 0 Å². The van der Waals surface area contributed by atoms with Crippen molar-refractivity contribution in [3.05, 3.63) is 35.4 Å². The summed E-state index contributed by atoms with van der Waals surface area (Å²) in [5.41, 5.74) is 1.38. The van der Waals surface area contributed by atoms with E-state index in [-0.39, 0.29) is 0 Å². The molecule has 0 saturated carbocycles. The van der Waals surface area contributed by atoms with Crippen LogP contribution < -0.4 is 4.74 Å². The van der Waals surface area contributed by atoms with Crippen LogP contribution in [0, 0.1) is 0 Å². The average molecular weight is 363 g/mol. The van der Waals surface area contributed by atoms with E-state index in [0.717, 1.165) is 44.7 Å². The molecule has 1 aromatic rings. The van der Waals surface area contributed by atoms with Crippen LogP contribution in [-0.2, 0) is 10.0 Å². The van der Waals surface area contributed by atoms with E-state index < -0.39 is 10.0 Å². The zero-order chi connectivity index (χ0) is 18.0. The summed E-state index contributed by atoms with van der Waals surface area (Å²) in [7, 11) is -2.07. The number of sulfonamides is 1. The molecule has 1 saturated heterocycles. The number of methoxy groups -OCH3 is 1. The topological polar surface area (TPSA) is 62.2 Å². The SMILES string of the molecule is CCCN1CCN(C2=NS(=O)(=O)C(c3ccc(OC)cc3)=C2C)CC1. The van der Waals surface area contributed by atoms with Gasteiger partial charge in [-0.15, -0.1) is 4.40 Å². The van der Waals surface area contributed by atoms with Gasteiger partial charge >= 0.3 is 0 Å². The third kappa shape index (κ3) is 3.57. The molecule has 3 rings (SSSR count). The van der Waals surface area contributed by atoms with Crippen molar-refractivity contribution in [3.8, 4) is 5.75 Å². The van der Waals surface area contributed by atoms with Crippen LogP contribution in [0.3, 0.4) is 0 Å². The third-order valence-corrected chi connectivity index (χ3v) is 6.18. The molecule has 0 amide bonds. The summed E-state index contributed by atoms with van der Waals surface area (Å²) >= 11 is 0. The molecule has 0 atom stereocenters. The Labute approximate surface area is 149 Å². The van der Waals surface area contributed by atoms with Crippen molar-refractivity contribution >= 4 is 20.8 Å². The first kappa shape index (κ1) is 17.9. The maximum Gasteiger partial charge on any atom is 0.285 e. The van der Waals surface area contributed by atoms with Crippen LogP contribution in [-0.4, -0.2) is 63.9 Å². The number of ether oxygens (including phenoxy) is 1. The Morgan fingerprint density at radius 2 is 1.76 bits per heavy atom. The number of nitrogens with zero attached hydrogens (tertiary/aromatic N) is 3. The number of benzene rings is 1. The molecule has 0 spiro atoms. The minimum Gasteiger partial charge on any atom is -0.497 e. The summed E-state index contributed by atoms with van der Waals surface area (Å²) < 4.78 is 34.5. The van der Waals surface area contributed by atoms with Gasteiger partial charge in [0.1, 0.15) is 16.5 Å². The summed E-state index contributed by atoms with van der Waals surface area (Å²) in [6, 6.07) is 7.08. The Morgan fingerprint density at radius 1 is 1.12 bits per heavy atom. The summed E-state index contributed by atoms with van der Waals surface area (Å²) in [5, 5.41) is 0. The highest BCUT2D eigenvalue weighted by atomic mass is 32.2. The first-order valence-corrected chi connectivity index (χ1v) is 10.1. The van der Waals surface area contributed by atoms with Crippen molar-refractivity contribution in [1.82, 2.24) is 9.80 Å². The first-order chi connectivity index (χ1) is 12.0. The minimum absolute atomic E-state index is 0.307. The zero-order valence-electron chi connectivity index (χ0n) is 15.0. The second-order valence-corrected chi connectivity index (χ2v) is 7.94. The molecule has 0 unspecified atom stereocenters. The lowest BCUT2D eigenvalue weighted by molar-refractivity contribution is 0.183. The van der Waals surface area contributed by atoms with Gasteiger partial charge in [0.25, 0.3) is 10.0 Å². The predicted octanol–water partition coefficient (Wildman–Crippen LogP) is 2.20. The lowest BCUT2D eigenvalue weighted by atomic mass is 10.1. The lowest BCUT2D eigenvalue weighted by Gasteiger charge is -2.35. The van der Waals surface area contributed by atoms with Gasteiger partial charge in [0, 0.05) is 31.8 Å². The lowest BCUT2D eigenvalue weighted by Crippen LogP contribution is -2.48. The molecule has 1 fully saturated rings. The van der Waals surface area contributed by atoms with Crippen molar-refractivity contribution in [2.45, 2.75) is 20.3 Å². The summed E-state index contributed by atoms with van der Waals surface area (Å²) in [4.78, 5) is 4.81. The summed E-state index contributed by atoms with van der Waals surface area (Å²) in [6.07, 6.45) is 1.13. The van der Waals surface area contributed by atoms with Gasteiger partial charge in [-0.05, 0) is 49.7 Å². The van der Waals surface area contributed by atoms with Gasteiger partial charge in [0.2, 0.25) is 0 Å². The molecular weight excluding hydrogens is 338 g/mol. The van der Waals surface area contributed by atoms with Crippen molar-refractivity contribution in [1.29, 1.82) is 0 Å². The highest BCUT2D eigenvalue weighted by Crippen LogP contribution is 2.34. The fourth-order valence-electron chi connectivity index (χ4n) is 3.43. The summed E-state index contributed by atoms with van der Waals surface area (Å²) in [5.74, 6) is 1.30. The Morgan fingerprint density at radius 3 is 2.32 bits per heavy atom. The van der Waals surface area contributed by atoms with Crippen molar-refractivity contribution in [3.63, 3.8) is 0 Å². The standard InChI is InChI=1S/C18H25N3O3S/c1-4-9-20-10-12-21(13-11-20)18-14(2)17(25(22,23)19-18)15-5-7-16(24-3)8-6-15/h5-8H,4,9-13H2,1-3H3. The van der Waals surface area contributed by atoms with E-state index in [1.54, 1.807) is 31.4 Å². The smallest absolute Gasteiger partial charge is 0.285 e. The molecule has 7 heteroatoms. The predicted molar refractivity (Wildman–Crippen MR) is 100 cm³/mol. The van der Waals surface area contributed by atoms with Crippen LogP contribution in [0.1, 0.15) is 25.8 Å². The highest BCUT2D eigenvalue weighted by Gasteiger charge is 2.34. The monoisotopic (exact) mass is 363 g/mol. The van der Waals surface area contributed by atoms with E-state index in [1.165, 1.54) is 0 Å². The molecule has 0 N–H and O–H groups in total. The Balaban J connectivity index is 1.86. The van der Waals surface area contributed by atoms with Crippen LogP contribution in [0.2, 0.25) is 0 Å². The van der Waals surface area contributed by atoms with Crippen molar-refractivity contribution in [2.75, 3.05) is 39.8 Å². The Hall–Kier alpha value is -1.86. The van der Waals surface area contributed by atoms with Crippen LogP contribution in [0.15, 0.2) is 34.2 Å². The van der Waals surface area contributed by atoms with E-state index in [1.807, 2.05) is 6.92 Å². The Bertz CT molecular complexity index is 789. The van der Waals surface area contributed by atoms with E-state index in [4.69, 9.17) is 4.74 Å². The Kier molecular flexibility index (Phi) is 5.15. The second kappa shape index (κ2) is 7.17. The number of amidine groups is 1. The largest absolute Gasteiger partial charge is 0.497 e. The highest BCUT2D eigenvalue weighted by molar-refractivity contribution is 8.00. The van der Waals surface area contributed by atoms with E-state index >= 15 is 0 Å². The van der Waals surface area contributed by atoms with Crippen molar-refractivity contribution in [2.24, 2.45) is 4.40 Å². The van der Waals surface area contributed by atoms with Gasteiger partial charge in [-0.2, -0.15) is 8.42 Å². The molecule has 136 valence electrons. The van der Waals surface area contributed by atoms with Gasteiger partial charge < -0.3 is 9.64 Å². The maximum absolute atomic E-state index is 12.6. The zero-order valence-corrected chi connectivity index (χ0v) is 15.8. The van der Waals surface area contributed by atoms with Gasteiger partial charge in [0.05, 0.1) is 7.11 Å². The molecule has 0 aliphatic carbocycles. The van der Waals surface area contributed by atoms with E-state index in [0.29, 0.717) is 22.1 Å². The third-order valence-electron chi connectivity index (χ3n) is 4.70. The molecule has 0 aromatic heterocycles. The molecule has 1 aromatic carbocycles.